The number of rotatable bonds is 9. The maximum Gasteiger partial charge on any atom is 0.335 e. The molecule has 0 amide bonds. The third-order valence-corrected chi connectivity index (χ3v) is 8.91. The molecule has 5 aromatic rings. The van der Waals surface area contributed by atoms with Gasteiger partial charge in [-0.1, -0.05) is 36.4 Å². The summed E-state index contributed by atoms with van der Waals surface area (Å²) in [5.41, 5.74) is 7.69. The molecule has 4 bridgehead atoms. The van der Waals surface area contributed by atoms with E-state index in [2.05, 4.69) is 21.5 Å². The molecule has 250 valence electrons. The summed E-state index contributed by atoms with van der Waals surface area (Å²) >= 11 is 0. The summed E-state index contributed by atoms with van der Waals surface area (Å²) in [7, 11) is 1.59. The molecule has 11 nitrogen and oxygen atoms in total. The molecule has 3 aromatic carbocycles. The third-order valence-electron chi connectivity index (χ3n) is 8.91. The number of fused-ring (bicyclic) bond motifs is 7. The van der Waals surface area contributed by atoms with E-state index in [1.54, 1.807) is 13.2 Å². The predicted molar refractivity (Wildman–Crippen MR) is 181 cm³/mol. The maximum absolute atomic E-state index is 12.1. The average molecular weight is 661 g/mol. The highest BCUT2D eigenvalue weighted by molar-refractivity contribution is 5.95. The van der Waals surface area contributed by atoms with E-state index in [-0.39, 0.29) is 18.3 Å². The van der Waals surface area contributed by atoms with E-state index in [0.717, 1.165) is 45.8 Å². The van der Waals surface area contributed by atoms with Crippen molar-refractivity contribution < 1.29 is 33.6 Å². The Kier molecular flexibility index (Phi) is 9.52. The first-order valence-electron chi connectivity index (χ1n) is 16.3. The summed E-state index contributed by atoms with van der Waals surface area (Å²) in [4.78, 5) is 25.6. The Morgan fingerprint density at radius 3 is 2.71 bits per heavy atom. The van der Waals surface area contributed by atoms with Gasteiger partial charge in [0.1, 0.15) is 30.3 Å². The van der Waals surface area contributed by atoms with Gasteiger partial charge in [0.2, 0.25) is 5.88 Å². The Balaban J connectivity index is 1.27. The first kappa shape index (κ1) is 32.3. The second-order valence-corrected chi connectivity index (χ2v) is 12.1. The number of benzene rings is 3. The normalized spacial score (nSPS) is 15.7. The molecule has 1 fully saturated rings. The van der Waals surface area contributed by atoms with Gasteiger partial charge < -0.3 is 33.4 Å². The number of aromatic nitrogens is 3. The number of methoxy groups -OCH3 is 1. The van der Waals surface area contributed by atoms with E-state index in [4.69, 9.17) is 40.2 Å². The lowest BCUT2D eigenvalue weighted by Crippen LogP contribution is -2.31. The van der Waals surface area contributed by atoms with Crippen molar-refractivity contribution in [2.24, 2.45) is 0 Å². The number of imidazole rings is 1. The smallest absolute Gasteiger partial charge is 0.335 e. The summed E-state index contributed by atoms with van der Waals surface area (Å²) < 4.78 is 31.4. The molecule has 2 aliphatic heterocycles. The number of carboxylic acids is 1. The molecule has 1 N–H and O–H groups in total. The van der Waals surface area contributed by atoms with E-state index in [9.17, 15) is 9.90 Å². The van der Waals surface area contributed by atoms with Crippen molar-refractivity contribution in [1.29, 1.82) is 0 Å². The van der Waals surface area contributed by atoms with Gasteiger partial charge in [0.15, 0.2) is 5.69 Å². The SMILES string of the molecule is [C-]#[N+]c1ccc2c(c1)CCOCc1cc(ccc1Cc1nc3c(OCCOC)cc(C(=O)O)cc3n1C[C@@H]1CCO1)-c1cccc(n1)OC2. The minimum atomic E-state index is -1.04. The lowest BCUT2D eigenvalue weighted by molar-refractivity contribution is -0.0589. The zero-order valence-electron chi connectivity index (χ0n) is 27.2. The zero-order chi connectivity index (χ0) is 33.7. The molecule has 2 aliphatic rings. The summed E-state index contributed by atoms with van der Waals surface area (Å²) in [6.45, 7) is 10.5. The lowest BCUT2D eigenvalue weighted by Gasteiger charge is -2.27. The van der Waals surface area contributed by atoms with Gasteiger partial charge in [0.25, 0.3) is 0 Å². The minimum Gasteiger partial charge on any atom is -0.489 e. The van der Waals surface area contributed by atoms with Crippen LogP contribution in [0.5, 0.6) is 11.6 Å². The van der Waals surface area contributed by atoms with Crippen molar-refractivity contribution in [2.75, 3.05) is 33.5 Å². The van der Waals surface area contributed by atoms with E-state index >= 15 is 0 Å². The highest BCUT2D eigenvalue weighted by atomic mass is 16.5. The fraction of sp³-hybridized carbons (Fsp3) is 0.316. The Labute approximate surface area is 283 Å². The molecule has 0 radical (unpaired) electrons. The van der Waals surface area contributed by atoms with Crippen molar-refractivity contribution in [3.63, 3.8) is 0 Å². The molecule has 0 saturated carbocycles. The molecular formula is C38H36N4O7. The lowest BCUT2D eigenvalue weighted by atomic mass is 9.99. The third kappa shape index (κ3) is 7.12. The first-order valence-corrected chi connectivity index (χ1v) is 16.3. The van der Waals surface area contributed by atoms with Crippen LogP contribution in [-0.4, -0.2) is 65.3 Å². The Bertz CT molecular complexity index is 2050. The largest absolute Gasteiger partial charge is 0.489 e. The van der Waals surface area contributed by atoms with Gasteiger partial charge >= 0.3 is 5.97 Å². The standard InChI is InChI=1S/C38H36N4O7/c1-39-30-9-8-27-23-49-36-5-3-4-32(40-36)26-7-6-24(29(16-26)22-46-12-10-25(27)17-30)20-35-41-37-33(42(35)21-31-11-13-47-31)18-28(38(43)44)19-34(37)48-15-14-45-2/h3-9,16-19,31H,10-15,20-23H2,2H3,(H,43,44)/t31-/m0/s1. The van der Waals surface area contributed by atoms with Crippen molar-refractivity contribution >= 4 is 22.7 Å². The van der Waals surface area contributed by atoms with Crippen LogP contribution < -0.4 is 9.47 Å². The second-order valence-electron chi connectivity index (χ2n) is 12.1. The number of carbonyl (C=O) groups is 1. The van der Waals surface area contributed by atoms with Crippen LogP contribution in [0, 0.1) is 6.57 Å². The zero-order valence-corrected chi connectivity index (χ0v) is 27.2. The number of nitrogens with zero attached hydrogens (tertiary/aromatic N) is 4. The average Bonchev–Trinajstić information content (AvgIpc) is 3.44. The predicted octanol–water partition coefficient (Wildman–Crippen LogP) is 6.40. The van der Waals surface area contributed by atoms with Crippen LogP contribution in [0.3, 0.4) is 0 Å². The summed E-state index contributed by atoms with van der Waals surface area (Å²) in [6.07, 6.45) is 2.02. The van der Waals surface area contributed by atoms with Gasteiger partial charge in [0.05, 0.1) is 55.8 Å². The Morgan fingerprint density at radius 2 is 1.92 bits per heavy atom. The van der Waals surface area contributed by atoms with Crippen LogP contribution in [0.1, 0.15) is 44.9 Å². The number of carboxylic acid groups (broad SMARTS) is 1. The molecule has 49 heavy (non-hydrogen) atoms. The summed E-state index contributed by atoms with van der Waals surface area (Å²) in [5, 5.41) is 9.93. The fourth-order valence-corrected chi connectivity index (χ4v) is 6.17. The van der Waals surface area contributed by atoms with Crippen molar-refractivity contribution in [3.8, 4) is 22.9 Å². The van der Waals surface area contributed by atoms with Gasteiger partial charge in [-0.05, 0) is 59.4 Å². The second kappa shape index (κ2) is 14.5. The number of hydrogen-bond donors (Lipinski definition) is 1. The van der Waals surface area contributed by atoms with Crippen molar-refractivity contribution in [1.82, 2.24) is 14.5 Å². The van der Waals surface area contributed by atoms with Gasteiger partial charge in [-0.15, -0.1) is 0 Å². The molecule has 0 unspecified atom stereocenters. The van der Waals surface area contributed by atoms with Crippen LogP contribution in [-0.2, 0) is 46.8 Å². The Morgan fingerprint density at radius 1 is 1.02 bits per heavy atom. The van der Waals surface area contributed by atoms with Crippen molar-refractivity contribution in [3.05, 3.63) is 112 Å². The number of aromatic carboxylic acids is 1. The highest BCUT2D eigenvalue weighted by Crippen LogP contribution is 2.32. The van der Waals surface area contributed by atoms with Crippen LogP contribution in [0.4, 0.5) is 5.69 Å². The number of hydrogen-bond acceptors (Lipinski definition) is 8. The molecule has 4 heterocycles. The molecule has 2 aromatic heterocycles. The highest BCUT2D eigenvalue weighted by Gasteiger charge is 2.25. The fourth-order valence-electron chi connectivity index (χ4n) is 6.17. The minimum absolute atomic E-state index is 0.0121. The summed E-state index contributed by atoms with van der Waals surface area (Å²) in [5.74, 6) is 0.644. The van der Waals surface area contributed by atoms with Gasteiger partial charge in [-0.2, -0.15) is 0 Å². The molecule has 7 rings (SSSR count). The molecule has 1 saturated heterocycles. The van der Waals surface area contributed by atoms with Gasteiger partial charge in [-0.25, -0.2) is 19.6 Å². The van der Waals surface area contributed by atoms with E-state index < -0.39 is 5.97 Å². The molecule has 1 atom stereocenters. The summed E-state index contributed by atoms with van der Waals surface area (Å²) in [6, 6.07) is 20.8. The van der Waals surface area contributed by atoms with Crippen molar-refractivity contribution in [2.45, 2.75) is 45.1 Å². The van der Waals surface area contributed by atoms with E-state index in [0.29, 0.717) is 80.8 Å². The molecule has 11 heteroatoms. The quantitative estimate of drug-likeness (QED) is 0.141. The maximum atomic E-state index is 12.1. The van der Waals surface area contributed by atoms with Crippen LogP contribution in [0.2, 0.25) is 0 Å². The van der Waals surface area contributed by atoms with E-state index in [1.807, 2.05) is 42.5 Å². The van der Waals surface area contributed by atoms with E-state index in [1.165, 1.54) is 6.07 Å². The van der Waals surface area contributed by atoms with Crippen LogP contribution in [0.25, 0.3) is 27.1 Å². The Hall–Kier alpha value is -5.28. The molecular weight excluding hydrogens is 624 g/mol. The first-order chi connectivity index (χ1) is 24.0. The van der Waals surface area contributed by atoms with Gasteiger partial charge in [-0.3, -0.25) is 0 Å². The van der Waals surface area contributed by atoms with Gasteiger partial charge in [0, 0.05) is 31.8 Å². The van der Waals surface area contributed by atoms with Crippen LogP contribution >= 0.6 is 0 Å². The monoisotopic (exact) mass is 660 g/mol. The van der Waals surface area contributed by atoms with Crippen LogP contribution in [0.15, 0.2) is 66.7 Å². The number of pyridine rings is 1. The number of ether oxygens (including phenoxy) is 5. The molecule has 0 spiro atoms. The molecule has 0 aliphatic carbocycles. The topological polar surface area (TPSA) is 119 Å².